The van der Waals surface area contributed by atoms with Crippen LogP contribution >= 0.6 is 0 Å². The highest BCUT2D eigenvalue weighted by Gasteiger charge is 2.28. The number of amides is 1. The van der Waals surface area contributed by atoms with Gasteiger partial charge in [0.15, 0.2) is 5.82 Å². The van der Waals surface area contributed by atoms with E-state index in [1.54, 1.807) is 18.3 Å². The molecule has 5 rings (SSSR count). The minimum Gasteiger partial charge on any atom is -0.474 e. The van der Waals surface area contributed by atoms with Gasteiger partial charge in [0.05, 0.1) is 5.69 Å². The van der Waals surface area contributed by atoms with E-state index in [0.717, 1.165) is 5.56 Å². The second-order valence-corrected chi connectivity index (χ2v) is 8.27. The molecule has 2 aliphatic rings. The number of aromatic nitrogens is 2. The summed E-state index contributed by atoms with van der Waals surface area (Å²) in [6, 6.07) is 3.19. The predicted molar refractivity (Wildman–Crippen MR) is 124 cm³/mol. The van der Waals surface area contributed by atoms with Crippen molar-refractivity contribution in [1.82, 2.24) is 15.3 Å². The largest absolute Gasteiger partial charge is 0.474 e. The van der Waals surface area contributed by atoms with Crippen molar-refractivity contribution >= 4 is 34.1 Å². The molecule has 0 saturated carbocycles. The van der Waals surface area contributed by atoms with Crippen molar-refractivity contribution in [2.75, 3.05) is 42.6 Å². The predicted octanol–water partition coefficient (Wildman–Crippen LogP) is 3.38. The number of hydrogen-bond donors (Lipinski definition) is 4. The number of carbonyl (C=O) groups excluding carboxylic acids is 1. The maximum atomic E-state index is 15.3. The monoisotopic (exact) mass is 470 g/mol. The fourth-order valence-electron chi connectivity index (χ4n) is 4.26. The Labute approximate surface area is 194 Å². The van der Waals surface area contributed by atoms with E-state index in [4.69, 9.17) is 15.2 Å². The number of carbonyl (C=O) groups is 1. The number of nitrogens with two attached hydrogens (primary N) is 1. The van der Waals surface area contributed by atoms with Gasteiger partial charge in [-0.2, -0.15) is 0 Å². The number of anilines is 3. The number of nitrogen functional groups attached to an aromatic ring is 1. The summed E-state index contributed by atoms with van der Waals surface area (Å²) < 4.78 is 40.0. The molecular weight excluding hydrogens is 446 g/mol. The Hall–Kier alpha value is -3.73. The van der Waals surface area contributed by atoms with Crippen LogP contribution in [0.2, 0.25) is 0 Å². The zero-order valence-electron chi connectivity index (χ0n) is 18.5. The molecule has 1 saturated heterocycles. The van der Waals surface area contributed by atoms with Crippen molar-refractivity contribution in [3.8, 4) is 17.0 Å². The van der Waals surface area contributed by atoms with E-state index in [0.29, 0.717) is 54.0 Å². The van der Waals surface area contributed by atoms with Crippen molar-refractivity contribution in [2.45, 2.75) is 25.6 Å². The maximum Gasteiger partial charge on any atom is 0.413 e. The van der Waals surface area contributed by atoms with Gasteiger partial charge in [-0.3, -0.25) is 5.32 Å². The molecule has 1 amide bonds. The summed E-state index contributed by atoms with van der Waals surface area (Å²) in [7, 11) is 0. The lowest BCUT2D eigenvalue weighted by molar-refractivity contribution is 0.0342. The Morgan fingerprint density at radius 1 is 1.26 bits per heavy atom. The fraction of sp³-hybridized carbons (Fsp3) is 0.348. The van der Waals surface area contributed by atoms with Crippen LogP contribution in [-0.4, -0.2) is 54.6 Å². The minimum absolute atomic E-state index is 0.0644. The standard InChI is InChI=1S/C23H24F2N6O3/c1-11-14(8-30-22-21(11)28-4-5-33-22)13-6-12-7-18(29-9-15(12)20(26)19(13)25)31-23(32)34-17-2-3-27-10-16(17)24/h6-9,16-17,27-28H,2-5,10,26H2,1H3,(H,29,31,32)/t16-,17-/m0/s1. The van der Waals surface area contributed by atoms with Crippen LogP contribution in [0.3, 0.4) is 0 Å². The first-order valence-electron chi connectivity index (χ1n) is 11.0. The lowest BCUT2D eigenvalue weighted by Gasteiger charge is -2.26. The topological polar surface area (TPSA) is 123 Å². The molecule has 2 aromatic heterocycles. The van der Waals surface area contributed by atoms with Crippen molar-refractivity contribution in [2.24, 2.45) is 0 Å². The van der Waals surface area contributed by atoms with Gasteiger partial charge in [-0.15, -0.1) is 0 Å². The molecule has 1 fully saturated rings. The van der Waals surface area contributed by atoms with Gasteiger partial charge in [0.2, 0.25) is 5.88 Å². The van der Waals surface area contributed by atoms with Crippen molar-refractivity contribution in [3.05, 3.63) is 35.9 Å². The summed E-state index contributed by atoms with van der Waals surface area (Å²) in [5.41, 5.74) is 8.35. The highest BCUT2D eigenvalue weighted by atomic mass is 19.1. The second-order valence-electron chi connectivity index (χ2n) is 8.27. The molecule has 178 valence electrons. The summed E-state index contributed by atoms with van der Waals surface area (Å²) in [6.07, 6.45) is 0.403. The number of rotatable bonds is 3. The first-order valence-corrected chi connectivity index (χ1v) is 11.0. The van der Waals surface area contributed by atoms with Crippen LogP contribution in [0.4, 0.5) is 30.8 Å². The Bertz CT molecular complexity index is 1270. The van der Waals surface area contributed by atoms with Crippen LogP contribution < -0.4 is 26.4 Å². The quantitative estimate of drug-likeness (QED) is 0.430. The molecule has 2 atom stereocenters. The number of nitrogens with one attached hydrogen (secondary N) is 3. The molecule has 5 N–H and O–H groups in total. The summed E-state index contributed by atoms with van der Waals surface area (Å²) in [6.45, 7) is 3.69. The molecule has 0 unspecified atom stereocenters. The summed E-state index contributed by atoms with van der Waals surface area (Å²) >= 11 is 0. The van der Waals surface area contributed by atoms with Crippen LogP contribution in [0.25, 0.3) is 21.9 Å². The van der Waals surface area contributed by atoms with Gasteiger partial charge in [-0.05, 0) is 43.0 Å². The molecule has 0 bridgehead atoms. The maximum absolute atomic E-state index is 15.3. The first-order chi connectivity index (χ1) is 16.4. The van der Waals surface area contributed by atoms with Gasteiger partial charge in [0.25, 0.3) is 0 Å². The summed E-state index contributed by atoms with van der Waals surface area (Å²) in [4.78, 5) is 20.7. The van der Waals surface area contributed by atoms with E-state index in [2.05, 4.69) is 25.9 Å². The first kappa shape index (κ1) is 22.1. The third kappa shape index (κ3) is 4.03. The lowest BCUT2D eigenvalue weighted by atomic mass is 9.97. The van der Waals surface area contributed by atoms with Gasteiger partial charge in [-0.1, -0.05) is 0 Å². The van der Waals surface area contributed by atoms with E-state index in [1.807, 2.05) is 6.92 Å². The number of alkyl halides is 1. The Morgan fingerprint density at radius 2 is 2.12 bits per heavy atom. The van der Waals surface area contributed by atoms with Crippen LogP contribution in [-0.2, 0) is 4.74 Å². The fourth-order valence-corrected chi connectivity index (χ4v) is 4.26. The minimum atomic E-state index is -1.28. The van der Waals surface area contributed by atoms with Crippen LogP contribution in [0.5, 0.6) is 5.88 Å². The number of piperidine rings is 1. The normalized spacial score (nSPS) is 19.6. The van der Waals surface area contributed by atoms with Crippen molar-refractivity contribution in [3.63, 3.8) is 0 Å². The van der Waals surface area contributed by atoms with Crippen molar-refractivity contribution in [1.29, 1.82) is 0 Å². The van der Waals surface area contributed by atoms with E-state index >= 15 is 4.39 Å². The molecule has 0 radical (unpaired) electrons. The highest BCUT2D eigenvalue weighted by Crippen LogP contribution is 2.39. The highest BCUT2D eigenvalue weighted by molar-refractivity contribution is 5.99. The Balaban J connectivity index is 1.46. The SMILES string of the molecule is Cc1c(-c2cc3cc(NC(=O)O[C@H]4CCNC[C@@H]4F)ncc3c(N)c2F)cnc2c1NCCO2. The Morgan fingerprint density at radius 3 is 2.94 bits per heavy atom. The number of pyridine rings is 2. The third-order valence-corrected chi connectivity index (χ3v) is 6.07. The number of ether oxygens (including phenoxy) is 2. The van der Waals surface area contributed by atoms with Crippen LogP contribution in [0, 0.1) is 12.7 Å². The number of halogens is 2. The molecule has 2 aliphatic heterocycles. The van der Waals surface area contributed by atoms with Gasteiger partial charge in [0, 0.05) is 42.0 Å². The van der Waals surface area contributed by atoms with Gasteiger partial charge in [-0.25, -0.2) is 23.5 Å². The number of nitrogens with zero attached hydrogens (tertiary/aromatic N) is 2. The van der Waals surface area contributed by atoms with Gasteiger partial charge >= 0.3 is 6.09 Å². The molecule has 0 spiro atoms. The molecule has 0 aliphatic carbocycles. The van der Waals surface area contributed by atoms with Crippen LogP contribution in [0.15, 0.2) is 24.5 Å². The number of fused-ring (bicyclic) bond motifs is 2. The van der Waals surface area contributed by atoms with E-state index in [9.17, 15) is 9.18 Å². The summed E-state index contributed by atoms with van der Waals surface area (Å²) in [5, 5.41) is 9.61. The molecular formula is C23H24F2N6O3. The smallest absolute Gasteiger partial charge is 0.413 e. The zero-order valence-corrected chi connectivity index (χ0v) is 18.5. The van der Waals surface area contributed by atoms with Crippen molar-refractivity contribution < 1.29 is 23.0 Å². The summed E-state index contributed by atoms with van der Waals surface area (Å²) in [5.74, 6) is 0.0604. The average molecular weight is 470 g/mol. The second kappa shape index (κ2) is 8.90. The average Bonchev–Trinajstić information content (AvgIpc) is 2.83. The third-order valence-electron chi connectivity index (χ3n) is 6.07. The Kier molecular flexibility index (Phi) is 5.78. The zero-order chi connectivity index (χ0) is 23.8. The van der Waals surface area contributed by atoms with Crippen LogP contribution in [0.1, 0.15) is 12.0 Å². The molecule has 3 aromatic rings. The number of benzene rings is 1. The molecule has 11 heteroatoms. The molecule has 4 heterocycles. The van der Waals surface area contributed by atoms with E-state index < -0.39 is 24.2 Å². The van der Waals surface area contributed by atoms with E-state index in [1.165, 1.54) is 6.20 Å². The van der Waals surface area contributed by atoms with Gasteiger partial charge < -0.3 is 25.8 Å². The lowest BCUT2D eigenvalue weighted by Crippen LogP contribution is -2.44. The number of hydrogen-bond acceptors (Lipinski definition) is 8. The molecule has 9 nitrogen and oxygen atoms in total. The van der Waals surface area contributed by atoms with Gasteiger partial charge in [0.1, 0.15) is 30.4 Å². The molecule has 34 heavy (non-hydrogen) atoms. The van der Waals surface area contributed by atoms with E-state index in [-0.39, 0.29) is 23.6 Å². The molecule has 1 aromatic carbocycles.